The zero-order chi connectivity index (χ0) is 14.8. The van der Waals surface area contributed by atoms with Gasteiger partial charge in [0.15, 0.2) is 0 Å². The smallest absolute Gasteiger partial charge is 0.126 e. The second-order valence-electron chi connectivity index (χ2n) is 5.14. The molecule has 0 saturated carbocycles. The van der Waals surface area contributed by atoms with Crippen molar-refractivity contribution in [2.75, 3.05) is 25.0 Å². The zero-order valence-electron chi connectivity index (χ0n) is 13.1. The molecule has 20 heavy (non-hydrogen) atoms. The molecular weight excluding hydrogens is 270 g/mol. The molecule has 0 spiro atoms. The first-order chi connectivity index (χ1) is 9.71. The lowest BCUT2D eigenvalue weighted by molar-refractivity contribution is 0.254. The van der Waals surface area contributed by atoms with Gasteiger partial charge in [0.2, 0.25) is 0 Å². The third-order valence-corrected chi connectivity index (χ3v) is 3.65. The fourth-order valence-electron chi connectivity index (χ4n) is 2.12. The molecule has 0 aliphatic rings. The van der Waals surface area contributed by atoms with Crippen molar-refractivity contribution < 1.29 is 0 Å². The van der Waals surface area contributed by atoms with E-state index in [-0.39, 0.29) is 0 Å². The van der Waals surface area contributed by atoms with Crippen LogP contribution in [0.3, 0.4) is 0 Å². The minimum Gasteiger partial charge on any atom is -0.370 e. The van der Waals surface area contributed by atoms with Crippen LogP contribution in [0.1, 0.15) is 52.1 Å². The van der Waals surface area contributed by atoms with Crippen molar-refractivity contribution in [3.8, 4) is 0 Å². The van der Waals surface area contributed by atoms with E-state index in [2.05, 4.69) is 36.0 Å². The monoisotopic (exact) mass is 297 g/mol. The number of pyridine rings is 1. The predicted molar refractivity (Wildman–Crippen MR) is 88.5 cm³/mol. The highest BCUT2D eigenvalue weighted by Crippen LogP contribution is 2.19. The van der Waals surface area contributed by atoms with E-state index in [1.165, 1.54) is 25.7 Å². The molecule has 0 radical (unpaired) electrons. The van der Waals surface area contributed by atoms with E-state index in [1.54, 1.807) is 0 Å². The number of anilines is 1. The van der Waals surface area contributed by atoms with Crippen LogP contribution in [0, 0.1) is 0 Å². The van der Waals surface area contributed by atoms with Crippen LogP contribution >= 0.6 is 11.6 Å². The molecular formula is C16H28ClN3. The summed E-state index contributed by atoms with van der Waals surface area (Å²) in [4.78, 5) is 7.10. The molecule has 0 saturated heterocycles. The van der Waals surface area contributed by atoms with Crippen LogP contribution < -0.4 is 5.32 Å². The second kappa shape index (κ2) is 10.0. The van der Waals surface area contributed by atoms with E-state index in [1.807, 2.05) is 12.1 Å². The van der Waals surface area contributed by atoms with Gasteiger partial charge in [0, 0.05) is 13.1 Å². The second-order valence-corrected chi connectivity index (χ2v) is 5.55. The third-order valence-electron chi connectivity index (χ3n) is 3.31. The van der Waals surface area contributed by atoms with Crippen molar-refractivity contribution in [1.82, 2.24) is 9.88 Å². The quantitative estimate of drug-likeness (QED) is 0.686. The summed E-state index contributed by atoms with van der Waals surface area (Å²) in [7, 11) is 0. The summed E-state index contributed by atoms with van der Waals surface area (Å²) in [5.41, 5.74) is 0.984. The first-order valence-corrected chi connectivity index (χ1v) is 8.20. The van der Waals surface area contributed by atoms with E-state index < -0.39 is 0 Å². The Morgan fingerprint density at radius 3 is 2.30 bits per heavy atom. The van der Waals surface area contributed by atoms with Crippen LogP contribution in [0.5, 0.6) is 0 Å². The summed E-state index contributed by atoms with van der Waals surface area (Å²) in [5, 5.41) is 4.01. The molecule has 3 nitrogen and oxygen atoms in total. The maximum atomic E-state index is 6.29. The normalized spacial score (nSPS) is 11.1. The summed E-state index contributed by atoms with van der Waals surface area (Å²) in [6.07, 6.45) is 4.91. The molecule has 0 unspecified atom stereocenters. The highest BCUT2D eigenvalue weighted by molar-refractivity contribution is 6.31. The van der Waals surface area contributed by atoms with Crippen LogP contribution in [0.15, 0.2) is 12.1 Å². The summed E-state index contributed by atoms with van der Waals surface area (Å²) in [6.45, 7) is 10.5. The molecule has 1 aromatic rings. The lowest BCUT2D eigenvalue weighted by Gasteiger charge is -2.22. The molecule has 0 amide bonds. The molecule has 1 N–H and O–H groups in total. The molecule has 114 valence electrons. The number of nitrogens with one attached hydrogen (secondary N) is 1. The molecule has 0 aliphatic carbocycles. The molecule has 0 aliphatic heterocycles. The van der Waals surface area contributed by atoms with E-state index in [0.29, 0.717) is 0 Å². The average molecular weight is 298 g/mol. The van der Waals surface area contributed by atoms with Gasteiger partial charge < -0.3 is 5.32 Å². The molecule has 0 bridgehead atoms. The number of nitrogens with zero attached hydrogens (tertiary/aromatic N) is 2. The summed E-state index contributed by atoms with van der Waals surface area (Å²) in [5.74, 6) is 0.915. The molecule has 0 aromatic carbocycles. The Bertz CT molecular complexity index is 374. The molecule has 4 heteroatoms. The Balaban J connectivity index is 2.71. The summed E-state index contributed by atoms with van der Waals surface area (Å²) >= 11 is 6.29. The molecule has 0 atom stereocenters. The van der Waals surface area contributed by atoms with Gasteiger partial charge in [-0.05, 0) is 45.0 Å². The number of aromatic nitrogens is 1. The van der Waals surface area contributed by atoms with Crippen LogP contribution in [-0.4, -0.2) is 29.5 Å². The van der Waals surface area contributed by atoms with E-state index in [0.717, 1.165) is 42.7 Å². The van der Waals surface area contributed by atoms with Gasteiger partial charge in [-0.15, -0.1) is 0 Å². The zero-order valence-corrected chi connectivity index (χ0v) is 13.8. The number of rotatable bonds is 10. The van der Waals surface area contributed by atoms with E-state index in [9.17, 15) is 0 Å². The minimum atomic E-state index is 0.768. The van der Waals surface area contributed by atoms with Gasteiger partial charge in [0.05, 0.1) is 10.7 Å². The van der Waals surface area contributed by atoms with Crippen molar-refractivity contribution in [2.24, 2.45) is 0 Å². The molecule has 1 rings (SSSR count). The summed E-state index contributed by atoms with van der Waals surface area (Å²) in [6, 6.07) is 3.89. The highest BCUT2D eigenvalue weighted by Gasteiger charge is 2.10. The largest absolute Gasteiger partial charge is 0.370 e. The van der Waals surface area contributed by atoms with Crippen LogP contribution in [0.4, 0.5) is 5.82 Å². The standard InChI is InChI=1S/C16H28ClN3/c1-4-7-11-20(12-8-5-2)13-15-14(17)9-10-16(19-15)18-6-3/h9-10H,4-8,11-13H2,1-3H3,(H,18,19). The van der Waals surface area contributed by atoms with Gasteiger partial charge in [0.25, 0.3) is 0 Å². The first kappa shape index (κ1) is 17.3. The number of unbranched alkanes of at least 4 members (excludes halogenated alkanes) is 2. The maximum absolute atomic E-state index is 6.29. The minimum absolute atomic E-state index is 0.768. The van der Waals surface area contributed by atoms with Crippen molar-refractivity contribution in [3.63, 3.8) is 0 Å². The maximum Gasteiger partial charge on any atom is 0.126 e. The topological polar surface area (TPSA) is 28.2 Å². The van der Waals surface area contributed by atoms with Crippen molar-refractivity contribution >= 4 is 17.4 Å². The first-order valence-electron chi connectivity index (χ1n) is 7.82. The Hall–Kier alpha value is -0.800. The fraction of sp³-hybridized carbons (Fsp3) is 0.688. The van der Waals surface area contributed by atoms with Crippen LogP contribution in [-0.2, 0) is 6.54 Å². The number of halogens is 1. The Morgan fingerprint density at radius 1 is 1.10 bits per heavy atom. The summed E-state index contributed by atoms with van der Waals surface area (Å²) < 4.78 is 0. The van der Waals surface area contributed by atoms with Crippen molar-refractivity contribution in [3.05, 3.63) is 22.8 Å². The van der Waals surface area contributed by atoms with E-state index >= 15 is 0 Å². The number of hydrogen-bond donors (Lipinski definition) is 1. The van der Waals surface area contributed by atoms with E-state index in [4.69, 9.17) is 11.6 Å². The van der Waals surface area contributed by atoms with Crippen LogP contribution in [0.2, 0.25) is 5.02 Å². The molecule has 1 heterocycles. The third kappa shape index (κ3) is 6.10. The van der Waals surface area contributed by atoms with Gasteiger partial charge in [0.1, 0.15) is 5.82 Å². The van der Waals surface area contributed by atoms with Gasteiger partial charge in [-0.1, -0.05) is 38.3 Å². The lowest BCUT2D eigenvalue weighted by Crippen LogP contribution is -2.26. The fourth-order valence-corrected chi connectivity index (χ4v) is 2.28. The Labute approximate surface area is 128 Å². The van der Waals surface area contributed by atoms with Gasteiger partial charge in [-0.2, -0.15) is 0 Å². The van der Waals surface area contributed by atoms with Crippen molar-refractivity contribution in [1.29, 1.82) is 0 Å². The molecule has 0 fully saturated rings. The highest BCUT2D eigenvalue weighted by atomic mass is 35.5. The SMILES string of the molecule is CCCCN(CCCC)Cc1nc(NCC)ccc1Cl. The predicted octanol–water partition coefficient (Wildman–Crippen LogP) is 4.57. The lowest BCUT2D eigenvalue weighted by atomic mass is 10.2. The van der Waals surface area contributed by atoms with Crippen LogP contribution in [0.25, 0.3) is 0 Å². The van der Waals surface area contributed by atoms with Gasteiger partial charge in [-0.3, -0.25) is 4.90 Å². The average Bonchev–Trinajstić information content (AvgIpc) is 2.45. The van der Waals surface area contributed by atoms with Crippen molar-refractivity contribution in [2.45, 2.75) is 53.0 Å². The molecule has 1 aromatic heterocycles. The Morgan fingerprint density at radius 2 is 1.75 bits per heavy atom. The van der Waals surface area contributed by atoms with Gasteiger partial charge in [-0.25, -0.2) is 4.98 Å². The van der Waals surface area contributed by atoms with Gasteiger partial charge >= 0.3 is 0 Å². The Kier molecular flexibility index (Phi) is 8.63. The number of hydrogen-bond acceptors (Lipinski definition) is 3.